The number of rotatable bonds is 5. The molecule has 0 fully saturated rings. The van der Waals surface area contributed by atoms with Gasteiger partial charge >= 0.3 is 0 Å². The van der Waals surface area contributed by atoms with Crippen molar-refractivity contribution in [1.29, 1.82) is 0 Å². The normalized spacial score (nSPS) is 11.7. The maximum absolute atomic E-state index is 12.4. The molecule has 7 heteroatoms. The standard InChI is InChI=1S/C19H19N5O2/c20-16(10-12-4-6-15(25)7-5-12)18(26)23-14-3-1-2-13(11-14)17-8-9-22-19(21)24-17/h1-9,11,16,25H,10,20H2,(H,23,26)(H2,21,22,24). The van der Waals surface area contributed by atoms with E-state index in [1.54, 1.807) is 48.7 Å². The van der Waals surface area contributed by atoms with Gasteiger partial charge in [-0.3, -0.25) is 4.79 Å². The number of benzene rings is 2. The molecular formula is C19H19N5O2. The molecule has 1 heterocycles. The van der Waals surface area contributed by atoms with E-state index >= 15 is 0 Å². The monoisotopic (exact) mass is 349 g/mol. The van der Waals surface area contributed by atoms with Crippen LogP contribution in [0.3, 0.4) is 0 Å². The zero-order valence-electron chi connectivity index (χ0n) is 14.0. The van der Waals surface area contributed by atoms with Crippen molar-refractivity contribution in [3.63, 3.8) is 0 Å². The van der Waals surface area contributed by atoms with Crippen molar-refractivity contribution in [3.8, 4) is 17.0 Å². The number of amides is 1. The summed E-state index contributed by atoms with van der Waals surface area (Å²) in [7, 11) is 0. The number of aromatic nitrogens is 2. The zero-order chi connectivity index (χ0) is 18.5. The van der Waals surface area contributed by atoms with E-state index in [1.807, 2.05) is 12.1 Å². The molecule has 0 spiro atoms. The lowest BCUT2D eigenvalue weighted by Gasteiger charge is -2.13. The number of aromatic hydroxyl groups is 1. The summed E-state index contributed by atoms with van der Waals surface area (Å²) in [6.07, 6.45) is 1.95. The van der Waals surface area contributed by atoms with Gasteiger partial charge in [0.2, 0.25) is 11.9 Å². The Bertz CT molecular complexity index is 912. The van der Waals surface area contributed by atoms with Crippen molar-refractivity contribution in [2.75, 3.05) is 11.1 Å². The first-order valence-electron chi connectivity index (χ1n) is 8.04. The topological polar surface area (TPSA) is 127 Å². The van der Waals surface area contributed by atoms with Crippen molar-refractivity contribution in [1.82, 2.24) is 9.97 Å². The average molecular weight is 349 g/mol. The van der Waals surface area contributed by atoms with E-state index in [-0.39, 0.29) is 17.6 Å². The lowest BCUT2D eigenvalue weighted by Crippen LogP contribution is -2.37. The smallest absolute Gasteiger partial charge is 0.241 e. The Kier molecular flexibility index (Phi) is 5.09. The van der Waals surface area contributed by atoms with Gasteiger partial charge in [0.05, 0.1) is 11.7 Å². The number of hydrogen-bond donors (Lipinski definition) is 4. The minimum atomic E-state index is -0.710. The molecular weight excluding hydrogens is 330 g/mol. The van der Waals surface area contributed by atoms with Crippen LogP contribution in [-0.2, 0) is 11.2 Å². The van der Waals surface area contributed by atoms with E-state index in [4.69, 9.17) is 11.5 Å². The van der Waals surface area contributed by atoms with Gasteiger partial charge in [-0.2, -0.15) is 0 Å². The predicted molar refractivity (Wildman–Crippen MR) is 100 cm³/mol. The summed E-state index contributed by atoms with van der Waals surface area (Å²) in [6, 6.07) is 14.9. The third kappa shape index (κ3) is 4.34. The van der Waals surface area contributed by atoms with Crippen LogP contribution in [0.15, 0.2) is 60.8 Å². The summed E-state index contributed by atoms with van der Waals surface area (Å²) in [6.45, 7) is 0. The maximum Gasteiger partial charge on any atom is 0.241 e. The first-order valence-corrected chi connectivity index (χ1v) is 8.04. The minimum Gasteiger partial charge on any atom is -0.508 e. The van der Waals surface area contributed by atoms with Crippen molar-refractivity contribution in [3.05, 3.63) is 66.4 Å². The molecule has 0 aliphatic rings. The van der Waals surface area contributed by atoms with Gasteiger partial charge in [0.25, 0.3) is 0 Å². The molecule has 3 rings (SSSR count). The van der Waals surface area contributed by atoms with Gasteiger partial charge in [0.15, 0.2) is 0 Å². The van der Waals surface area contributed by atoms with Crippen molar-refractivity contribution < 1.29 is 9.90 Å². The molecule has 0 radical (unpaired) electrons. The Labute approximate surface area is 150 Å². The van der Waals surface area contributed by atoms with Crippen LogP contribution in [0.25, 0.3) is 11.3 Å². The lowest BCUT2D eigenvalue weighted by atomic mass is 10.1. The third-order valence-electron chi connectivity index (χ3n) is 3.83. The number of anilines is 2. The molecule has 132 valence electrons. The summed E-state index contributed by atoms with van der Waals surface area (Å²) in [5.74, 6) is 0.0687. The van der Waals surface area contributed by atoms with Crippen molar-refractivity contribution in [2.24, 2.45) is 5.73 Å². The largest absolute Gasteiger partial charge is 0.508 e. The molecule has 26 heavy (non-hydrogen) atoms. The van der Waals surface area contributed by atoms with Gasteiger partial charge in [0, 0.05) is 17.4 Å². The van der Waals surface area contributed by atoms with Crippen molar-refractivity contribution >= 4 is 17.5 Å². The second-order valence-corrected chi connectivity index (χ2v) is 5.85. The molecule has 6 N–H and O–H groups in total. The summed E-state index contributed by atoms with van der Waals surface area (Å²) in [4.78, 5) is 20.4. The number of hydrogen-bond acceptors (Lipinski definition) is 6. The lowest BCUT2D eigenvalue weighted by molar-refractivity contribution is -0.117. The van der Waals surface area contributed by atoms with Crippen LogP contribution in [0, 0.1) is 0 Å². The van der Waals surface area contributed by atoms with E-state index in [1.165, 1.54) is 0 Å². The van der Waals surface area contributed by atoms with Crippen molar-refractivity contribution in [2.45, 2.75) is 12.5 Å². The highest BCUT2D eigenvalue weighted by atomic mass is 16.3. The van der Waals surface area contributed by atoms with E-state index in [2.05, 4.69) is 15.3 Å². The average Bonchev–Trinajstić information content (AvgIpc) is 2.64. The molecule has 0 saturated heterocycles. The number of nitrogens with one attached hydrogen (secondary N) is 1. The quantitative estimate of drug-likeness (QED) is 0.557. The Morgan fingerprint density at radius 2 is 1.92 bits per heavy atom. The SMILES string of the molecule is Nc1nccc(-c2cccc(NC(=O)C(N)Cc3ccc(O)cc3)c2)n1. The van der Waals surface area contributed by atoms with Gasteiger partial charge in [0.1, 0.15) is 5.75 Å². The zero-order valence-corrected chi connectivity index (χ0v) is 14.0. The molecule has 1 aromatic heterocycles. The maximum atomic E-state index is 12.4. The van der Waals surface area contributed by atoms with Gasteiger partial charge in [-0.15, -0.1) is 0 Å². The van der Waals surface area contributed by atoms with E-state index in [0.29, 0.717) is 17.8 Å². The highest BCUT2D eigenvalue weighted by Gasteiger charge is 2.15. The fourth-order valence-corrected chi connectivity index (χ4v) is 2.50. The fraction of sp³-hybridized carbons (Fsp3) is 0.105. The van der Waals surface area contributed by atoms with Crippen LogP contribution in [-0.4, -0.2) is 27.0 Å². The van der Waals surface area contributed by atoms with Gasteiger partial charge < -0.3 is 21.9 Å². The second kappa shape index (κ2) is 7.62. The van der Waals surface area contributed by atoms with Crippen LogP contribution >= 0.6 is 0 Å². The Morgan fingerprint density at radius 3 is 2.65 bits per heavy atom. The molecule has 0 bridgehead atoms. The van der Waals surface area contributed by atoms with Gasteiger partial charge in [-0.1, -0.05) is 24.3 Å². The molecule has 0 aliphatic carbocycles. The molecule has 0 saturated carbocycles. The summed E-state index contributed by atoms with van der Waals surface area (Å²) < 4.78 is 0. The highest BCUT2D eigenvalue weighted by Crippen LogP contribution is 2.21. The van der Waals surface area contributed by atoms with Crippen LogP contribution in [0.5, 0.6) is 5.75 Å². The number of carbonyl (C=O) groups is 1. The van der Waals surface area contributed by atoms with Crippen LogP contribution < -0.4 is 16.8 Å². The van der Waals surface area contributed by atoms with E-state index in [9.17, 15) is 9.90 Å². The third-order valence-corrected chi connectivity index (χ3v) is 3.83. The molecule has 2 aromatic carbocycles. The number of phenolic OH excluding ortho intramolecular Hbond substituents is 1. The molecule has 1 amide bonds. The van der Waals surface area contributed by atoms with Gasteiger partial charge in [-0.05, 0) is 42.3 Å². The Hall–Kier alpha value is -3.45. The molecule has 7 nitrogen and oxygen atoms in total. The summed E-state index contributed by atoms with van der Waals surface area (Å²) in [5.41, 5.74) is 14.6. The number of nitrogens with zero attached hydrogens (tertiary/aromatic N) is 2. The van der Waals surface area contributed by atoms with Crippen LogP contribution in [0.1, 0.15) is 5.56 Å². The number of carbonyl (C=O) groups excluding carboxylic acids is 1. The minimum absolute atomic E-state index is 0.175. The number of nitrogens with two attached hydrogens (primary N) is 2. The first-order chi connectivity index (χ1) is 12.5. The van der Waals surface area contributed by atoms with E-state index in [0.717, 1.165) is 11.1 Å². The van der Waals surface area contributed by atoms with E-state index < -0.39 is 6.04 Å². The molecule has 1 atom stereocenters. The molecule has 1 unspecified atom stereocenters. The Balaban J connectivity index is 1.69. The number of phenols is 1. The molecule has 3 aromatic rings. The summed E-state index contributed by atoms with van der Waals surface area (Å²) >= 11 is 0. The number of nitrogen functional groups attached to an aromatic ring is 1. The summed E-state index contributed by atoms with van der Waals surface area (Å²) in [5, 5.41) is 12.1. The Morgan fingerprint density at radius 1 is 1.15 bits per heavy atom. The van der Waals surface area contributed by atoms with Crippen LogP contribution in [0.2, 0.25) is 0 Å². The first kappa shape index (κ1) is 17.4. The predicted octanol–water partition coefficient (Wildman–Crippen LogP) is 1.94. The van der Waals surface area contributed by atoms with Gasteiger partial charge in [-0.25, -0.2) is 9.97 Å². The van der Waals surface area contributed by atoms with Crippen LogP contribution in [0.4, 0.5) is 11.6 Å². The molecule has 0 aliphatic heterocycles. The highest BCUT2D eigenvalue weighted by molar-refractivity contribution is 5.95. The second-order valence-electron chi connectivity index (χ2n) is 5.85. The fourth-order valence-electron chi connectivity index (χ4n) is 2.50.